The summed E-state index contributed by atoms with van der Waals surface area (Å²) in [5.74, 6) is -0.379. The van der Waals surface area contributed by atoms with E-state index in [0.717, 1.165) is 25.0 Å². The summed E-state index contributed by atoms with van der Waals surface area (Å²) in [4.78, 5) is 14.3. The van der Waals surface area contributed by atoms with Gasteiger partial charge in [0.15, 0.2) is 0 Å². The zero-order valence-electron chi connectivity index (χ0n) is 16.5. The van der Waals surface area contributed by atoms with E-state index in [1.54, 1.807) is 0 Å². The molecule has 3 heterocycles. The number of aliphatic hydroxyl groups is 3. The number of nitrogens with zero attached hydrogens (tertiary/aromatic N) is 1. The summed E-state index contributed by atoms with van der Waals surface area (Å²) in [5, 5.41) is 35.1. The predicted octanol–water partition coefficient (Wildman–Crippen LogP) is 0.450. The highest BCUT2D eigenvalue weighted by molar-refractivity contribution is 5.66. The molecule has 0 radical (unpaired) electrons. The molecule has 9 aliphatic rings. The van der Waals surface area contributed by atoms with Gasteiger partial charge in [0, 0.05) is 48.2 Å². The molecule has 9 fully saturated rings. The fourth-order valence-electron chi connectivity index (χ4n) is 11.0. The maximum absolute atomic E-state index is 12.2. The van der Waals surface area contributed by atoms with Crippen LogP contribution in [0.2, 0.25) is 0 Å². The molecule has 6 saturated carbocycles. The standard InChI is InChI=1S/C22H29NO5/c1-9-4-20-7-12-15-19(3)5-11(28-10(2)24)6-21(15)16(20)14(25)13(9)17(26)22(20,27)18(21)23(12)8-19/h11-18,25-27H,1,4-8H2,2-3H3/t11-,12-,13+,14-,15+,16+,17+,18-,19?,20+,21-,22-/m0/s1. The Morgan fingerprint density at radius 1 is 1.25 bits per heavy atom. The van der Waals surface area contributed by atoms with E-state index < -0.39 is 29.1 Å². The van der Waals surface area contributed by atoms with Gasteiger partial charge in [-0.05, 0) is 37.0 Å². The number of esters is 1. The average molecular weight is 387 g/mol. The molecule has 6 heteroatoms. The Morgan fingerprint density at radius 2 is 2.00 bits per heavy atom. The smallest absolute Gasteiger partial charge is 0.302 e. The van der Waals surface area contributed by atoms with Crippen LogP contribution in [0.4, 0.5) is 0 Å². The second-order valence-corrected chi connectivity index (χ2v) is 11.5. The van der Waals surface area contributed by atoms with Crippen molar-refractivity contribution in [3.8, 4) is 0 Å². The van der Waals surface area contributed by atoms with Crippen molar-refractivity contribution in [1.82, 2.24) is 4.90 Å². The molecule has 2 unspecified atom stereocenters. The van der Waals surface area contributed by atoms with Crippen LogP contribution >= 0.6 is 0 Å². The molecule has 0 aromatic carbocycles. The van der Waals surface area contributed by atoms with E-state index in [9.17, 15) is 20.1 Å². The molecule has 13 atom stereocenters. The molecule has 3 N–H and O–H groups in total. The lowest BCUT2D eigenvalue weighted by Crippen LogP contribution is -2.76. The van der Waals surface area contributed by atoms with Crippen molar-refractivity contribution < 1.29 is 24.9 Å². The van der Waals surface area contributed by atoms with Crippen molar-refractivity contribution in [1.29, 1.82) is 0 Å². The normalized spacial score (nSPS) is 69.3. The van der Waals surface area contributed by atoms with Crippen LogP contribution in [0.15, 0.2) is 12.2 Å². The largest absolute Gasteiger partial charge is 0.463 e. The Morgan fingerprint density at radius 3 is 2.71 bits per heavy atom. The Kier molecular flexibility index (Phi) is 2.55. The van der Waals surface area contributed by atoms with Gasteiger partial charge in [0.25, 0.3) is 0 Å². The van der Waals surface area contributed by atoms with E-state index >= 15 is 0 Å². The number of ether oxygens (including phenoxy) is 1. The van der Waals surface area contributed by atoms with Gasteiger partial charge in [0.1, 0.15) is 11.7 Å². The van der Waals surface area contributed by atoms with Gasteiger partial charge in [-0.3, -0.25) is 9.69 Å². The van der Waals surface area contributed by atoms with E-state index in [4.69, 9.17) is 4.74 Å². The van der Waals surface area contributed by atoms with E-state index in [1.165, 1.54) is 6.92 Å². The Bertz CT molecular complexity index is 860. The molecular weight excluding hydrogens is 358 g/mol. The van der Waals surface area contributed by atoms with Gasteiger partial charge >= 0.3 is 5.97 Å². The zero-order valence-corrected chi connectivity index (χ0v) is 16.5. The van der Waals surface area contributed by atoms with Crippen LogP contribution in [0.1, 0.15) is 39.5 Å². The van der Waals surface area contributed by atoms with Crippen LogP contribution in [0, 0.1) is 34.0 Å². The van der Waals surface area contributed by atoms with Crippen molar-refractivity contribution in [3.63, 3.8) is 0 Å². The van der Waals surface area contributed by atoms with E-state index in [1.807, 2.05) is 0 Å². The van der Waals surface area contributed by atoms with Crippen molar-refractivity contribution >= 4 is 5.97 Å². The van der Waals surface area contributed by atoms with E-state index in [0.29, 0.717) is 24.8 Å². The summed E-state index contributed by atoms with van der Waals surface area (Å²) < 4.78 is 5.75. The highest BCUT2D eigenvalue weighted by Crippen LogP contribution is 2.88. The second-order valence-electron chi connectivity index (χ2n) is 11.5. The van der Waals surface area contributed by atoms with Crippen molar-refractivity contribution in [2.24, 2.45) is 34.0 Å². The first kappa shape index (κ1) is 16.8. The van der Waals surface area contributed by atoms with Crippen molar-refractivity contribution in [3.05, 3.63) is 12.2 Å². The lowest BCUT2D eigenvalue weighted by molar-refractivity contribution is -0.280. The van der Waals surface area contributed by atoms with Crippen LogP contribution < -0.4 is 0 Å². The van der Waals surface area contributed by atoms with Gasteiger partial charge in [-0.25, -0.2) is 0 Å². The predicted molar refractivity (Wildman–Crippen MR) is 97.9 cm³/mol. The van der Waals surface area contributed by atoms with Gasteiger partial charge in [-0.1, -0.05) is 19.1 Å². The highest BCUT2D eigenvalue weighted by Gasteiger charge is 2.94. The first-order valence-corrected chi connectivity index (χ1v) is 10.8. The molecule has 0 amide bonds. The minimum absolute atomic E-state index is 0.0237. The molecule has 28 heavy (non-hydrogen) atoms. The number of carbonyl (C=O) groups excluding carboxylic acids is 1. The lowest BCUT2D eigenvalue weighted by atomic mass is 9.39. The molecule has 6 aliphatic carbocycles. The number of hydrogen-bond acceptors (Lipinski definition) is 6. The molecule has 6 nitrogen and oxygen atoms in total. The number of aliphatic hydroxyl groups excluding tert-OH is 2. The minimum atomic E-state index is -1.20. The highest BCUT2D eigenvalue weighted by atomic mass is 16.5. The summed E-state index contributed by atoms with van der Waals surface area (Å²) >= 11 is 0. The average Bonchev–Trinajstić information content (AvgIpc) is 2.97. The molecule has 3 aliphatic heterocycles. The van der Waals surface area contributed by atoms with Crippen LogP contribution in [-0.2, 0) is 9.53 Å². The number of hydrogen-bond donors (Lipinski definition) is 3. The van der Waals surface area contributed by atoms with Gasteiger partial charge in [-0.2, -0.15) is 0 Å². The SMILES string of the molecule is C=C1C[C@@]23C[C@H]4[C@@H]5C6(C)C[C@H](OC(C)=O)C[C@@]57[C@@H]2[C@@H](O)[C@@H]1[C@@H](O)[C@]3(O)[C@H]7N4C6. The topological polar surface area (TPSA) is 90.2 Å². The molecule has 3 saturated heterocycles. The van der Waals surface area contributed by atoms with Gasteiger partial charge < -0.3 is 20.1 Å². The second kappa shape index (κ2) is 4.25. The first-order valence-electron chi connectivity index (χ1n) is 10.8. The quantitative estimate of drug-likeness (QED) is 0.447. The number of fused-ring (bicyclic) bond motifs is 1. The summed E-state index contributed by atoms with van der Waals surface area (Å²) in [5.41, 5.74) is -1.07. The minimum Gasteiger partial charge on any atom is -0.463 e. The van der Waals surface area contributed by atoms with Crippen molar-refractivity contribution in [2.75, 3.05) is 6.54 Å². The maximum atomic E-state index is 12.2. The van der Waals surface area contributed by atoms with Gasteiger partial charge in [0.05, 0.1) is 12.2 Å². The molecule has 9 rings (SSSR count). The Labute approximate surface area is 164 Å². The Hall–Kier alpha value is -0.950. The van der Waals surface area contributed by atoms with E-state index in [-0.39, 0.29) is 34.9 Å². The zero-order chi connectivity index (χ0) is 19.6. The van der Waals surface area contributed by atoms with Crippen LogP contribution in [-0.4, -0.2) is 68.7 Å². The summed E-state index contributed by atoms with van der Waals surface area (Å²) in [6.45, 7) is 8.85. The molecule has 2 spiro atoms. The molecule has 0 aromatic heterocycles. The Balaban J connectivity index is 1.49. The monoisotopic (exact) mass is 387 g/mol. The van der Waals surface area contributed by atoms with Gasteiger partial charge in [0.2, 0.25) is 0 Å². The molecular formula is C22H29NO5. The molecule has 9 bridgehead atoms. The van der Waals surface area contributed by atoms with Crippen LogP contribution in [0.5, 0.6) is 0 Å². The van der Waals surface area contributed by atoms with E-state index in [2.05, 4.69) is 18.4 Å². The molecule has 152 valence electrons. The van der Waals surface area contributed by atoms with Crippen LogP contribution in [0.25, 0.3) is 0 Å². The first-order chi connectivity index (χ1) is 13.1. The number of carbonyl (C=O) groups is 1. The maximum Gasteiger partial charge on any atom is 0.302 e. The summed E-state index contributed by atoms with van der Waals surface area (Å²) in [7, 11) is 0. The fourth-order valence-corrected chi connectivity index (χ4v) is 11.0. The van der Waals surface area contributed by atoms with Crippen LogP contribution in [0.3, 0.4) is 0 Å². The number of piperidine rings is 2. The third kappa shape index (κ3) is 1.26. The summed E-state index contributed by atoms with van der Waals surface area (Å²) in [6, 6.07) is 0.245. The summed E-state index contributed by atoms with van der Waals surface area (Å²) in [6.07, 6.45) is 1.27. The number of rotatable bonds is 1. The third-order valence-electron chi connectivity index (χ3n) is 10.6. The molecule has 0 aromatic rings. The third-order valence-corrected chi connectivity index (χ3v) is 10.6. The lowest BCUT2D eigenvalue weighted by Gasteiger charge is -2.67. The van der Waals surface area contributed by atoms with Crippen molar-refractivity contribution in [2.45, 2.75) is 75.5 Å². The van der Waals surface area contributed by atoms with Gasteiger partial charge in [-0.15, -0.1) is 0 Å². The fraction of sp³-hybridized carbons (Fsp3) is 0.864.